The summed E-state index contributed by atoms with van der Waals surface area (Å²) < 4.78 is 0.184. The Hall–Kier alpha value is -1.97. The number of allylic oxidation sites excluding steroid dienone is 2. The molecule has 0 aliphatic heterocycles. The second-order valence-corrected chi connectivity index (χ2v) is 74.2. The van der Waals surface area contributed by atoms with E-state index in [-0.39, 0.29) is 7.35 Å². The molecule has 6 rings (SSSR count). The Morgan fingerprint density at radius 3 is 1.24 bits per heavy atom. The number of fused-ring (bicyclic) bond motifs is 2. The Labute approximate surface area is 286 Å². The maximum absolute atomic E-state index is 8.75. The summed E-state index contributed by atoms with van der Waals surface area (Å²) in [7, 11) is 17.5. The minimum absolute atomic E-state index is 0.0922. The van der Waals surface area contributed by atoms with Gasteiger partial charge in [0.25, 0.3) is 0 Å². The Morgan fingerprint density at radius 1 is 0.543 bits per heavy atom. The van der Waals surface area contributed by atoms with Crippen LogP contribution < -0.4 is 0 Å². The second kappa shape index (κ2) is 12.2. The topological polar surface area (TPSA) is 0 Å². The molecule has 0 saturated carbocycles. The van der Waals surface area contributed by atoms with Gasteiger partial charge in [0.1, 0.15) is 0 Å². The molecule has 2 aliphatic rings. The van der Waals surface area contributed by atoms with Gasteiger partial charge >= 0.3 is 289 Å². The van der Waals surface area contributed by atoms with Crippen LogP contribution in [0.4, 0.5) is 0 Å². The third-order valence-corrected chi connectivity index (χ3v) is 84.1. The number of hydrogen-bond acceptors (Lipinski definition) is 0. The van der Waals surface area contributed by atoms with Crippen LogP contribution in [0.25, 0.3) is 34.4 Å². The van der Waals surface area contributed by atoms with Crippen LogP contribution >= 0.6 is 17.2 Å². The molecular formula is C42H49Cl2HfSi. The minimum atomic E-state index is -5.04. The van der Waals surface area contributed by atoms with E-state index in [1.807, 2.05) is 0 Å². The van der Waals surface area contributed by atoms with Crippen molar-refractivity contribution in [1.82, 2.24) is 0 Å². The molecule has 0 amide bonds. The summed E-state index contributed by atoms with van der Waals surface area (Å²) in [4.78, 5) is 0. The summed E-state index contributed by atoms with van der Waals surface area (Å²) in [5.74, 6) is -0.954. The molecule has 0 bridgehead atoms. The summed E-state index contributed by atoms with van der Waals surface area (Å²) in [6, 6.07) is 27.2. The van der Waals surface area contributed by atoms with Crippen molar-refractivity contribution in [2.75, 3.05) is 0 Å². The van der Waals surface area contributed by atoms with Crippen LogP contribution in [-0.4, -0.2) is 5.98 Å². The zero-order valence-electron chi connectivity index (χ0n) is 29.2. The molecule has 0 fully saturated rings. The van der Waals surface area contributed by atoms with Crippen LogP contribution in [0.1, 0.15) is 79.6 Å². The molecular weight excluding hydrogens is 782 g/mol. The molecule has 4 aromatic carbocycles. The molecule has 4 aromatic rings. The van der Waals surface area contributed by atoms with Gasteiger partial charge in [-0.05, 0) is 0 Å². The standard InChI is InChI=1S/2C20H21.C2H7Si.2ClH.Hf/c2*1-13(2)17-11-16-8-6-10-19(20(16)12-17)18-9-5-7-14(3)15(18)4;1-3-2;;;/h2*5-13H,1-4H3;3H,1-2H3;2*1H;/q;;;;;+2/p-2. The molecule has 0 radical (unpaired) electrons. The van der Waals surface area contributed by atoms with Crippen LogP contribution in [0.5, 0.6) is 0 Å². The molecule has 239 valence electrons. The van der Waals surface area contributed by atoms with E-state index >= 15 is 0 Å². The molecule has 0 heterocycles. The zero-order valence-corrected chi connectivity index (χ0v) is 35.5. The van der Waals surface area contributed by atoms with E-state index < -0.39 is 21.3 Å². The first-order chi connectivity index (χ1) is 21.7. The average Bonchev–Trinajstić information content (AvgIpc) is 3.61. The predicted molar refractivity (Wildman–Crippen MR) is 204 cm³/mol. The third-order valence-electron chi connectivity index (χ3n) is 11.5. The van der Waals surface area contributed by atoms with Crippen LogP contribution in [0.15, 0.2) is 83.9 Å². The molecule has 2 atom stereocenters. The van der Waals surface area contributed by atoms with E-state index in [2.05, 4.69) is 153 Å². The molecule has 46 heavy (non-hydrogen) atoms. The number of halogens is 2. The summed E-state index contributed by atoms with van der Waals surface area (Å²) in [5, 5.41) is 0. The summed E-state index contributed by atoms with van der Waals surface area (Å²) >= 11 is -5.04. The molecule has 0 nitrogen and oxygen atoms in total. The average molecular weight is 831 g/mol. The number of aryl methyl sites for hydroxylation is 2. The van der Waals surface area contributed by atoms with Crippen LogP contribution in [0, 0.1) is 39.5 Å². The first-order valence-corrected chi connectivity index (χ1v) is 39.2. The van der Waals surface area contributed by atoms with E-state index in [1.54, 1.807) is 0 Å². The molecule has 4 heteroatoms. The molecule has 2 unspecified atom stereocenters. The zero-order chi connectivity index (χ0) is 33.3. The molecule has 2 aliphatic carbocycles. The molecule has 0 N–H and O–H groups in total. The van der Waals surface area contributed by atoms with Gasteiger partial charge < -0.3 is 0 Å². The van der Waals surface area contributed by atoms with Crippen molar-refractivity contribution in [3.8, 4) is 22.3 Å². The predicted octanol–water partition coefficient (Wildman–Crippen LogP) is 13.1. The van der Waals surface area contributed by atoms with Gasteiger partial charge in [-0.25, -0.2) is 0 Å². The summed E-state index contributed by atoms with van der Waals surface area (Å²) in [5.41, 5.74) is 18.8. The molecule has 0 spiro atoms. The fourth-order valence-electron chi connectivity index (χ4n) is 8.47. The normalized spacial score (nSPS) is 18.5. The van der Waals surface area contributed by atoms with Gasteiger partial charge in [-0.1, -0.05) is 0 Å². The maximum atomic E-state index is 8.75. The van der Waals surface area contributed by atoms with Gasteiger partial charge in [0.15, 0.2) is 0 Å². The van der Waals surface area contributed by atoms with E-state index in [0.717, 1.165) is 0 Å². The van der Waals surface area contributed by atoms with Crippen LogP contribution in [-0.2, 0) is 15.3 Å². The monoisotopic (exact) mass is 831 g/mol. The van der Waals surface area contributed by atoms with Crippen molar-refractivity contribution in [3.05, 3.63) is 128 Å². The van der Waals surface area contributed by atoms with Crippen molar-refractivity contribution in [3.63, 3.8) is 0 Å². The fraction of sp³-hybridized carbons (Fsp3) is 0.333. The Morgan fingerprint density at radius 2 is 0.891 bits per heavy atom. The van der Waals surface area contributed by atoms with Crippen molar-refractivity contribution >= 4 is 35.3 Å². The van der Waals surface area contributed by atoms with E-state index in [4.69, 9.17) is 17.2 Å². The number of hydrogen-bond donors (Lipinski definition) is 0. The quantitative estimate of drug-likeness (QED) is 0.163. The van der Waals surface area contributed by atoms with Gasteiger partial charge in [-0.3, -0.25) is 0 Å². The Bertz CT molecular complexity index is 1790. The molecule has 0 aromatic heterocycles. The summed E-state index contributed by atoms with van der Waals surface area (Å²) in [6.07, 6.45) is 5.00. The molecule has 0 saturated heterocycles. The van der Waals surface area contributed by atoms with Crippen molar-refractivity contribution in [1.29, 1.82) is 0 Å². The van der Waals surface area contributed by atoms with Crippen molar-refractivity contribution in [2.45, 2.75) is 75.8 Å². The first kappa shape index (κ1) is 33.9. The van der Waals surface area contributed by atoms with Crippen molar-refractivity contribution in [2.24, 2.45) is 11.8 Å². The number of rotatable bonds is 7. The van der Waals surface area contributed by atoms with Crippen LogP contribution in [0.2, 0.25) is 13.1 Å². The number of benzene rings is 4. The second-order valence-electron chi connectivity index (χ2n) is 15.0. The van der Waals surface area contributed by atoms with Crippen LogP contribution in [0.3, 0.4) is 0 Å². The van der Waals surface area contributed by atoms with Gasteiger partial charge in [-0.2, -0.15) is 0 Å². The fourth-order valence-corrected chi connectivity index (χ4v) is 53.1. The van der Waals surface area contributed by atoms with Gasteiger partial charge in [0.2, 0.25) is 0 Å². The van der Waals surface area contributed by atoms with E-state index in [9.17, 15) is 0 Å². The first-order valence-electron chi connectivity index (χ1n) is 17.1. The third kappa shape index (κ3) is 5.08. The van der Waals surface area contributed by atoms with Crippen molar-refractivity contribution < 1.29 is 15.3 Å². The SMILES string of the molecule is Cc1cccc(-c2cccc3c2C=C(C(C)C)[CH]3[Hf]([Cl])([Cl])([CH]2C(C(C)C)=Cc3c(-c4cccc(C)c4C)cccc32)[SiH](C)C)c1C. The Balaban J connectivity index is 1.64. The van der Waals surface area contributed by atoms with E-state index in [1.165, 1.54) is 77.9 Å². The van der Waals surface area contributed by atoms with Gasteiger partial charge in [0, 0.05) is 0 Å². The van der Waals surface area contributed by atoms with Gasteiger partial charge in [-0.15, -0.1) is 0 Å². The summed E-state index contributed by atoms with van der Waals surface area (Å²) in [6.45, 7) is 23.2. The Kier molecular flexibility index (Phi) is 8.97. The van der Waals surface area contributed by atoms with Gasteiger partial charge in [0.05, 0.1) is 0 Å². The van der Waals surface area contributed by atoms with E-state index in [0.29, 0.717) is 11.8 Å².